The summed E-state index contributed by atoms with van der Waals surface area (Å²) in [7, 11) is 1.54. The van der Waals surface area contributed by atoms with Crippen molar-refractivity contribution in [2.75, 3.05) is 20.2 Å². The molecule has 1 aromatic carbocycles. The van der Waals surface area contributed by atoms with Gasteiger partial charge in [0, 0.05) is 19.2 Å². The predicted octanol–water partition coefficient (Wildman–Crippen LogP) is 2.32. The molecule has 0 saturated heterocycles. The summed E-state index contributed by atoms with van der Waals surface area (Å²) in [6, 6.07) is 5.89. The highest BCUT2D eigenvalue weighted by Crippen LogP contribution is 2.20. The van der Waals surface area contributed by atoms with E-state index in [4.69, 9.17) is 4.74 Å². The number of hydrogen-bond acceptors (Lipinski definition) is 2. The monoisotopic (exact) mass is 285 g/mol. The van der Waals surface area contributed by atoms with Crippen molar-refractivity contribution >= 4 is 5.96 Å². The molecule has 0 saturated carbocycles. The maximum absolute atomic E-state index is 12.1. The number of nitrogens with zero attached hydrogens (tertiary/aromatic N) is 1. The predicted molar refractivity (Wildman–Crippen MR) is 76.6 cm³/mol. The van der Waals surface area contributed by atoms with Gasteiger partial charge in [0.05, 0.1) is 13.2 Å². The van der Waals surface area contributed by atoms with E-state index in [1.807, 2.05) is 32.0 Å². The Morgan fingerprint density at radius 1 is 1.35 bits per heavy atom. The van der Waals surface area contributed by atoms with E-state index in [9.17, 15) is 8.78 Å². The Hall–Kier alpha value is -1.85. The minimum absolute atomic E-state index is 0.341. The Balaban J connectivity index is 2.63. The van der Waals surface area contributed by atoms with Crippen LogP contribution in [0, 0.1) is 6.92 Å². The summed E-state index contributed by atoms with van der Waals surface area (Å²) in [5, 5.41) is 5.53. The number of benzene rings is 1. The molecule has 2 N–H and O–H groups in total. The smallest absolute Gasteiger partial charge is 0.255 e. The molecule has 0 heterocycles. The number of ether oxygens (including phenoxy) is 1. The van der Waals surface area contributed by atoms with E-state index in [1.165, 1.54) is 0 Å². The zero-order valence-corrected chi connectivity index (χ0v) is 12.0. The number of rotatable bonds is 6. The van der Waals surface area contributed by atoms with E-state index in [2.05, 4.69) is 15.6 Å². The van der Waals surface area contributed by atoms with Gasteiger partial charge >= 0.3 is 0 Å². The van der Waals surface area contributed by atoms with Gasteiger partial charge in [-0.3, -0.25) is 4.99 Å². The molecule has 1 rings (SSSR count). The summed E-state index contributed by atoms with van der Waals surface area (Å²) in [5.74, 6) is 1.14. The second-order valence-corrected chi connectivity index (χ2v) is 4.24. The van der Waals surface area contributed by atoms with Crippen molar-refractivity contribution in [1.29, 1.82) is 0 Å². The third-order valence-corrected chi connectivity index (χ3v) is 2.62. The van der Waals surface area contributed by atoms with Gasteiger partial charge in [-0.25, -0.2) is 8.78 Å². The Labute approximate surface area is 118 Å². The van der Waals surface area contributed by atoms with Gasteiger partial charge < -0.3 is 15.4 Å². The van der Waals surface area contributed by atoms with Crippen molar-refractivity contribution in [2.24, 2.45) is 4.99 Å². The molecular formula is C14H21F2N3O. The fourth-order valence-corrected chi connectivity index (χ4v) is 1.67. The third-order valence-electron chi connectivity index (χ3n) is 2.62. The molecule has 0 aliphatic rings. The van der Waals surface area contributed by atoms with Gasteiger partial charge in [0.1, 0.15) is 5.75 Å². The second-order valence-electron chi connectivity index (χ2n) is 4.24. The maximum atomic E-state index is 12.1. The van der Waals surface area contributed by atoms with Crippen LogP contribution in [0.5, 0.6) is 5.75 Å². The second kappa shape index (κ2) is 8.35. The van der Waals surface area contributed by atoms with E-state index in [-0.39, 0.29) is 0 Å². The lowest BCUT2D eigenvalue weighted by molar-refractivity contribution is 0.152. The molecule has 0 radical (unpaired) electrons. The standard InChI is InChI=1S/C14H21F2N3O/c1-4-20-12-7-10(2)5-6-11(12)8-18-14(17-3)19-9-13(15)16/h5-7,13H,4,8-9H2,1-3H3,(H2,17,18,19). The van der Waals surface area contributed by atoms with Crippen LogP contribution in [0.4, 0.5) is 8.78 Å². The van der Waals surface area contributed by atoms with Crippen LogP contribution in [0.2, 0.25) is 0 Å². The highest BCUT2D eigenvalue weighted by atomic mass is 19.3. The van der Waals surface area contributed by atoms with Crippen LogP contribution in [0.25, 0.3) is 0 Å². The van der Waals surface area contributed by atoms with E-state index < -0.39 is 13.0 Å². The molecule has 0 unspecified atom stereocenters. The zero-order valence-electron chi connectivity index (χ0n) is 12.0. The van der Waals surface area contributed by atoms with Crippen molar-refractivity contribution in [3.05, 3.63) is 29.3 Å². The molecule has 6 heteroatoms. The lowest BCUT2D eigenvalue weighted by Gasteiger charge is -2.14. The van der Waals surface area contributed by atoms with Crippen molar-refractivity contribution in [3.8, 4) is 5.75 Å². The third kappa shape index (κ3) is 5.42. The fraction of sp³-hybridized carbons (Fsp3) is 0.500. The van der Waals surface area contributed by atoms with Gasteiger partial charge in [-0.2, -0.15) is 0 Å². The van der Waals surface area contributed by atoms with Gasteiger partial charge in [-0.15, -0.1) is 0 Å². The number of guanidine groups is 1. The van der Waals surface area contributed by atoms with Crippen molar-refractivity contribution < 1.29 is 13.5 Å². The summed E-state index contributed by atoms with van der Waals surface area (Å²) < 4.78 is 29.8. The molecule has 20 heavy (non-hydrogen) atoms. The summed E-state index contributed by atoms with van der Waals surface area (Å²) in [6.45, 7) is 4.52. The molecule has 0 fully saturated rings. The quantitative estimate of drug-likeness (QED) is 0.623. The van der Waals surface area contributed by atoms with Gasteiger partial charge in [-0.1, -0.05) is 12.1 Å². The average Bonchev–Trinajstić information content (AvgIpc) is 2.41. The first-order chi connectivity index (χ1) is 9.56. The Morgan fingerprint density at radius 3 is 2.70 bits per heavy atom. The normalized spacial score (nSPS) is 11.6. The number of aryl methyl sites for hydroxylation is 1. The number of halogens is 2. The zero-order chi connectivity index (χ0) is 15.0. The first-order valence-corrected chi connectivity index (χ1v) is 6.51. The molecule has 0 aliphatic heterocycles. The summed E-state index contributed by atoms with van der Waals surface area (Å²) in [5.41, 5.74) is 2.06. The van der Waals surface area contributed by atoms with Crippen LogP contribution >= 0.6 is 0 Å². The SMILES string of the molecule is CCOc1cc(C)ccc1CNC(=NC)NCC(F)F. The van der Waals surface area contributed by atoms with E-state index >= 15 is 0 Å². The van der Waals surface area contributed by atoms with Crippen molar-refractivity contribution in [2.45, 2.75) is 26.8 Å². The maximum Gasteiger partial charge on any atom is 0.255 e. The van der Waals surface area contributed by atoms with Crippen LogP contribution in [0.1, 0.15) is 18.1 Å². The van der Waals surface area contributed by atoms with E-state index in [0.717, 1.165) is 16.9 Å². The average molecular weight is 285 g/mol. The highest BCUT2D eigenvalue weighted by Gasteiger charge is 2.07. The number of hydrogen-bond donors (Lipinski definition) is 2. The van der Waals surface area contributed by atoms with Crippen LogP contribution in [0.3, 0.4) is 0 Å². The minimum Gasteiger partial charge on any atom is -0.494 e. The fourth-order valence-electron chi connectivity index (χ4n) is 1.67. The molecule has 0 aliphatic carbocycles. The summed E-state index contributed by atoms with van der Waals surface area (Å²) >= 11 is 0. The number of alkyl halides is 2. The molecule has 0 aromatic heterocycles. The largest absolute Gasteiger partial charge is 0.494 e. The lowest BCUT2D eigenvalue weighted by Crippen LogP contribution is -2.39. The first-order valence-electron chi connectivity index (χ1n) is 6.51. The molecule has 0 spiro atoms. The molecule has 0 bridgehead atoms. The van der Waals surface area contributed by atoms with Crippen molar-refractivity contribution in [3.63, 3.8) is 0 Å². The van der Waals surface area contributed by atoms with Crippen molar-refractivity contribution in [1.82, 2.24) is 10.6 Å². The van der Waals surface area contributed by atoms with Crippen LogP contribution < -0.4 is 15.4 Å². The van der Waals surface area contributed by atoms with Crippen LogP contribution in [-0.4, -0.2) is 32.6 Å². The Morgan fingerprint density at radius 2 is 2.10 bits per heavy atom. The number of aliphatic imine (C=N–C) groups is 1. The van der Waals surface area contributed by atoms with Gasteiger partial charge in [-0.05, 0) is 25.5 Å². The Bertz CT molecular complexity index is 450. The summed E-state index contributed by atoms with van der Waals surface area (Å²) in [4.78, 5) is 3.89. The van der Waals surface area contributed by atoms with Gasteiger partial charge in [0.2, 0.25) is 0 Å². The molecule has 0 amide bonds. The van der Waals surface area contributed by atoms with Gasteiger partial charge in [0.15, 0.2) is 5.96 Å². The molecular weight excluding hydrogens is 264 g/mol. The molecule has 4 nitrogen and oxygen atoms in total. The molecule has 0 atom stereocenters. The lowest BCUT2D eigenvalue weighted by atomic mass is 10.1. The van der Waals surface area contributed by atoms with E-state index in [1.54, 1.807) is 7.05 Å². The molecule has 112 valence electrons. The van der Waals surface area contributed by atoms with E-state index in [0.29, 0.717) is 19.1 Å². The van der Waals surface area contributed by atoms with Crippen LogP contribution in [0.15, 0.2) is 23.2 Å². The minimum atomic E-state index is -2.41. The topological polar surface area (TPSA) is 45.6 Å². The Kier molecular flexibility index (Phi) is 6.76. The first kappa shape index (κ1) is 16.2. The molecule has 1 aromatic rings. The summed E-state index contributed by atoms with van der Waals surface area (Å²) in [6.07, 6.45) is -2.41. The number of nitrogens with one attached hydrogen (secondary N) is 2. The van der Waals surface area contributed by atoms with Gasteiger partial charge in [0.25, 0.3) is 6.43 Å². The highest BCUT2D eigenvalue weighted by molar-refractivity contribution is 5.79. The van der Waals surface area contributed by atoms with Crippen LogP contribution in [-0.2, 0) is 6.54 Å².